The number of nitrogens with two attached hydrogens (primary N) is 1. The highest BCUT2D eigenvalue weighted by Gasteiger charge is 2.20. The minimum atomic E-state index is 0.488. The SMILES string of the molecule is C/C(=C\C=Nc1ccc(C)c(C(C)C)c1)c1cnn2cc(N3CCC(NCCCCN)CC3)cnc12. The Kier molecular flexibility index (Phi) is 8.88. The molecule has 1 aliphatic heterocycles. The Balaban J connectivity index is 1.39. The number of aryl methyl sites for hydroxylation is 1. The summed E-state index contributed by atoms with van der Waals surface area (Å²) < 4.78 is 1.89. The molecule has 1 aliphatic rings. The van der Waals surface area contributed by atoms with Gasteiger partial charge in [0, 0.05) is 30.9 Å². The molecule has 0 aliphatic carbocycles. The first-order valence-corrected chi connectivity index (χ1v) is 13.3. The number of allylic oxidation sites excluding steroid dienone is 2. The van der Waals surface area contributed by atoms with Gasteiger partial charge in [0.25, 0.3) is 0 Å². The number of piperidine rings is 1. The van der Waals surface area contributed by atoms with Gasteiger partial charge in [0.05, 0.1) is 30.0 Å². The summed E-state index contributed by atoms with van der Waals surface area (Å²) in [5.41, 5.74) is 13.3. The second kappa shape index (κ2) is 12.3. The van der Waals surface area contributed by atoms with E-state index < -0.39 is 0 Å². The van der Waals surface area contributed by atoms with Crippen molar-refractivity contribution in [2.24, 2.45) is 10.7 Å². The molecule has 0 saturated carbocycles. The van der Waals surface area contributed by atoms with E-state index in [0.717, 1.165) is 80.0 Å². The first kappa shape index (κ1) is 26.0. The van der Waals surface area contributed by atoms with Gasteiger partial charge < -0.3 is 16.0 Å². The van der Waals surface area contributed by atoms with Crippen LogP contribution in [0.15, 0.2) is 47.9 Å². The van der Waals surface area contributed by atoms with Gasteiger partial charge in [0.1, 0.15) is 0 Å². The van der Waals surface area contributed by atoms with E-state index >= 15 is 0 Å². The molecule has 3 N–H and O–H groups in total. The van der Waals surface area contributed by atoms with Crippen molar-refractivity contribution >= 4 is 28.8 Å². The summed E-state index contributed by atoms with van der Waals surface area (Å²) >= 11 is 0. The number of aromatic nitrogens is 3. The Bertz CT molecular complexity index is 1200. The molecule has 1 fully saturated rings. The molecule has 1 aromatic carbocycles. The van der Waals surface area contributed by atoms with Crippen molar-refractivity contribution in [3.8, 4) is 0 Å². The Morgan fingerprint density at radius 3 is 2.78 bits per heavy atom. The molecule has 0 atom stereocenters. The number of aliphatic imine (C=N–C) groups is 1. The standard InChI is InChI=1S/C29H41N7/c1-21(2)27-17-25(8-7-22(27)3)32-14-9-23(4)28-19-34-36-20-26(18-33-29(28)36)35-15-10-24(11-16-35)31-13-6-5-12-30/h7-9,14,17-21,24,31H,5-6,10-13,15-16,30H2,1-4H3/b23-9+,32-14?. The van der Waals surface area contributed by atoms with E-state index in [-0.39, 0.29) is 0 Å². The van der Waals surface area contributed by atoms with Gasteiger partial charge in [-0.05, 0) is 93.4 Å². The van der Waals surface area contributed by atoms with Gasteiger partial charge in [-0.25, -0.2) is 9.50 Å². The minimum Gasteiger partial charge on any atom is -0.369 e. The Hall–Kier alpha value is -3.03. The van der Waals surface area contributed by atoms with Crippen LogP contribution in [0.3, 0.4) is 0 Å². The zero-order valence-electron chi connectivity index (χ0n) is 22.2. The number of nitrogens with zero attached hydrogens (tertiary/aromatic N) is 5. The first-order valence-electron chi connectivity index (χ1n) is 13.3. The van der Waals surface area contributed by atoms with Crippen molar-refractivity contribution in [1.82, 2.24) is 19.9 Å². The van der Waals surface area contributed by atoms with Crippen LogP contribution < -0.4 is 16.0 Å². The third kappa shape index (κ3) is 6.39. The lowest BCUT2D eigenvalue weighted by Crippen LogP contribution is -2.43. The van der Waals surface area contributed by atoms with Crippen molar-refractivity contribution in [3.05, 3.63) is 59.6 Å². The third-order valence-electron chi connectivity index (χ3n) is 7.12. The van der Waals surface area contributed by atoms with Gasteiger partial charge in [0.2, 0.25) is 0 Å². The number of benzene rings is 1. The number of rotatable bonds is 10. The molecule has 1 saturated heterocycles. The van der Waals surface area contributed by atoms with E-state index in [0.29, 0.717) is 12.0 Å². The average Bonchev–Trinajstić information content (AvgIpc) is 3.31. The zero-order chi connectivity index (χ0) is 25.5. The molecule has 3 aromatic rings. The Morgan fingerprint density at radius 1 is 1.22 bits per heavy atom. The number of hydrogen-bond acceptors (Lipinski definition) is 6. The van der Waals surface area contributed by atoms with Crippen molar-refractivity contribution in [3.63, 3.8) is 0 Å². The topological polar surface area (TPSA) is 83.8 Å². The molecule has 0 amide bonds. The van der Waals surface area contributed by atoms with Crippen LogP contribution in [0.25, 0.3) is 11.2 Å². The summed E-state index contributed by atoms with van der Waals surface area (Å²) in [6.07, 6.45) is 14.4. The molecule has 3 heterocycles. The van der Waals surface area contributed by atoms with Gasteiger partial charge in [-0.3, -0.25) is 4.99 Å². The van der Waals surface area contributed by atoms with Gasteiger partial charge in [-0.1, -0.05) is 19.9 Å². The molecule has 0 spiro atoms. The number of anilines is 1. The number of unbranched alkanes of at least 4 members (excludes halogenated alkanes) is 1. The van der Waals surface area contributed by atoms with E-state index in [1.807, 2.05) is 29.2 Å². The van der Waals surface area contributed by atoms with Crippen LogP contribution in [0.5, 0.6) is 0 Å². The molecule has 7 nitrogen and oxygen atoms in total. The fourth-order valence-corrected chi connectivity index (χ4v) is 4.88. The van der Waals surface area contributed by atoms with Crippen molar-refractivity contribution < 1.29 is 0 Å². The van der Waals surface area contributed by atoms with E-state index in [1.54, 1.807) is 0 Å². The van der Waals surface area contributed by atoms with Crippen LogP contribution in [0.1, 0.15) is 69.1 Å². The molecule has 192 valence electrons. The fourth-order valence-electron chi connectivity index (χ4n) is 4.88. The molecule has 36 heavy (non-hydrogen) atoms. The quantitative estimate of drug-likeness (QED) is 0.301. The number of hydrogen-bond donors (Lipinski definition) is 2. The Morgan fingerprint density at radius 2 is 2.03 bits per heavy atom. The van der Waals surface area contributed by atoms with Crippen LogP contribution in [-0.2, 0) is 0 Å². The number of fused-ring (bicyclic) bond motifs is 1. The lowest BCUT2D eigenvalue weighted by Gasteiger charge is -2.33. The summed E-state index contributed by atoms with van der Waals surface area (Å²) in [6, 6.07) is 6.99. The van der Waals surface area contributed by atoms with Crippen LogP contribution in [-0.4, -0.2) is 53.0 Å². The van der Waals surface area contributed by atoms with Crippen molar-refractivity contribution in [2.45, 2.75) is 65.3 Å². The summed E-state index contributed by atoms with van der Waals surface area (Å²) in [7, 11) is 0. The molecule has 0 radical (unpaired) electrons. The molecule has 4 rings (SSSR count). The molecule has 2 aromatic heterocycles. The summed E-state index contributed by atoms with van der Waals surface area (Å²) in [5.74, 6) is 0.488. The molecule has 7 heteroatoms. The van der Waals surface area contributed by atoms with Crippen molar-refractivity contribution in [1.29, 1.82) is 0 Å². The average molecular weight is 488 g/mol. The predicted octanol–water partition coefficient (Wildman–Crippen LogP) is 5.26. The van der Waals surface area contributed by atoms with Gasteiger partial charge >= 0.3 is 0 Å². The van der Waals surface area contributed by atoms with E-state index in [1.165, 1.54) is 11.1 Å². The van der Waals surface area contributed by atoms with E-state index in [4.69, 9.17) is 10.7 Å². The van der Waals surface area contributed by atoms with E-state index in [9.17, 15) is 0 Å². The second-order valence-electron chi connectivity index (χ2n) is 10.2. The van der Waals surface area contributed by atoms with Crippen molar-refractivity contribution in [2.75, 3.05) is 31.1 Å². The van der Waals surface area contributed by atoms with Gasteiger partial charge in [-0.15, -0.1) is 0 Å². The zero-order valence-corrected chi connectivity index (χ0v) is 22.2. The lowest BCUT2D eigenvalue weighted by molar-refractivity contribution is 0.411. The summed E-state index contributed by atoms with van der Waals surface area (Å²) in [5, 5.41) is 8.27. The minimum absolute atomic E-state index is 0.488. The van der Waals surface area contributed by atoms with Crippen LogP contribution in [0.4, 0.5) is 11.4 Å². The maximum Gasteiger partial charge on any atom is 0.162 e. The number of nitrogens with one attached hydrogen (secondary N) is 1. The smallest absolute Gasteiger partial charge is 0.162 e. The third-order valence-corrected chi connectivity index (χ3v) is 7.12. The summed E-state index contributed by atoms with van der Waals surface area (Å²) in [6.45, 7) is 12.6. The second-order valence-corrected chi connectivity index (χ2v) is 10.2. The maximum atomic E-state index is 5.59. The molecular formula is C29H41N7. The lowest BCUT2D eigenvalue weighted by atomic mass is 9.97. The highest BCUT2D eigenvalue weighted by atomic mass is 15.3. The normalized spacial score (nSPS) is 15.6. The highest BCUT2D eigenvalue weighted by molar-refractivity contribution is 5.88. The van der Waals surface area contributed by atoms with Gasteiger partial charge in [-0.2, -0.15) is 5.10 Å². The maximum absolute atomic E-state index is 5.59. The van der Waals surface area contributed by atoms with Crippen LogP contribution >= 0.6 is 0 Å². The Labute approximate surface area is 215 Å². The molecular weight excluding hydrogens is 446 g/mol. The largest absolute Gasteiger partial charge is 0.369 e. The first-order chi connectivity index (χ1) is 17.5. The van der Waals surface area contributed by atoms with Crippen LogP contribution in [0.2, 0.25) is 0 Å². The highest BCUT2D eigenvalue weighted by Crippen LogP contribution is 2.25. The predicted molar refractivity (Wildman–Crippen MR) is 152 cm³/mol. The van der Waals surface area contributed by atoms with Crippen LogP contribution in [0, 0.1) is 6.92 Å². The van der Waals surface area contributed by atoms with Gasteiger partial charge in [0.15, 0.2) is 5.65 Å². The molecule has 0 bridgehead atoms. The van der Waals surface area contributed by atoms with E-state index in [2.05, 4.69) is 72.4 Å². The summed E-state index contributed by atoms with van der Waals surface area (Å²) in [4.78, 5) is 11.9. The molecule has 0 unspecified atom stereocenters. The fraction of sp³-hybridized carbons (Fsp3) is 0.483. The monoisotopic (exact) mass is 487 g/mol.